The summed E-state index contributed by atoms with van der Waals surface area (Å²) in [7, 11) is 4.16. The number of rotatable bonds is 9. The van der Waals surface area contributed by atoms with Crippen LogP contribution in [-0.4, -0.2) is 38.0 Å². The Morgan fingerprint density at radius 2 is 1.82 bits per heavy atom. The zero-order valence-electron chi connectivity index (χ0n) is 20.1. The van der Waals surface area contributed by atoms with Gasteiger partial charge in [-0.1, -0.05) is 60.5 Å². The molecule has 7 heteroatoms. The number of anilines is 1. The molecule has 0 saturated carbocycles. The van der Waals surface area contributed by atoms with Crippen molar-refractivity contribution in [2.24, 2.45) is 11.8 Å². The van der Waals surface area contributed by atoms with Crippen LogP contribution >= 0.6 is 35.6 Å². The van der Waals surface area contributed by atoms with E-state index in [-0.39, 0.29) is 36.0 Å². The number of nitrogens with zero attached hydrogens (tertiary/aromatic N) is 2. The van der Waals surface area contributed by atoms with Crippen molar-refractivity contribution in [3.63, 3.8) is 0 Å². The van der Waals surface area contributed by atoms with Crippen LogP contribution in [0.25, 0.3) is 6.08 Å². The summed E-state index contributed by atoms with van der Waals surface area (Å²) in [6.07, 6.45) is 8.72. The van der Waals surface area contributed by atoms with Gasteiger partial charge in [0.05, 0.1) is 15.7 Å². The SMILES string of the molecule is C[C@@H]1C[C@H](Cc2ccccc2F)CN(c2c(Cl)cc(/C=C\CCCCN(C)C)cc2Cl)C1=O.Cl. The highest BCUT2D eigenvalue weighted by Crippen LogP contribution is 2.39. The zero-order valence-corrected chi connectivity index (χ0v) is 22.4. The van der Waals surface area contributed by atoms with Gasteiger partial charge < -0.3 is 9.80 Å². The minimum absolute atomic E-state index is 0. The van der Waals surface area contributed by atoms with E-state index in [1.165, 1.54) is 6.07 Å². The van der Waals surface area contributed by atoms with E-state index in [1.807, 2.05) is 37.3 Å². The van der Waals surface area contributed by atoms with Gasteiger partial charge >= 0.3 is 0 Å². The molecule has 0 unspecified atom stereocenters. The second-order valence-corrected chi connectivity index (χ2v) is 10.1. The molecule has 3 nitrogen and oxygen atoms in total. The number of carbonyl (C=O) groups is 1. The highest BCUT2D eigenvalue weighted by molar-refractivity contribution is 6.40. The molecule has 0 aliphatic carbocycles. The molecule has 2 atom stereocenters. The van der Waals surface area contributed by atoms with Gasteiger partial charge in [0.15, 0.2) is 0 Å². The molecule has 2 aromatic rings. The second-order valence-electron chi connectivity index (χ2n) is 9.28. The lowest BCUT2D eigenvalue weighted by molar-refractivity contribution is -0.124. The van der Waals surface area contributed by atoms with E-state index >= 15 is 0 Å². The largest absolute Gasteiger partial charge is 0.309 e. The van der Waals surface area contributed by atoms with Crippen molar-refractivity contribution in [2.45, 2.75) is 39.0 Å². The lowest BCUT2D eigenvalue weighted by Gasteiger charge is -2.37. The standard InChI is InChI=1S/C27H33Cl2FN2O.ClH/c1-19-14-21(15-22-11-7-8-12-25(22)30)18-32(27(19)33)26-23(28)16-20(17-24(26)29)10-6-4-5-9-13-31(2)3;/h6-8,10-12,16-17,19,21H,4-5,9,13-15,18H2,1-3H3;1H/b10-6-;/t19-,21-;/m1./s1. The van der Waals surface area contributed by atoms with Crippen LogP contribution in [0.4, 0.5) is 10.1 Å². The third-order valence-electron chi connectivity index (χ3n) is 6.13. The number of hydrogen-bond acceptors (Lipinski definition) is 2. The van der Waals surface area contributed by atoms with E-state index in [0.29, 0.717) is 40.7 Å². The van der Waals surface area contributed by atoms with Gasteiger partial charge in [-0.25, -0.2) is 4.39 Å². The van der Waals surface area contributed by atoms with E-state index in [1.54, 1.807) is 11.0 Å². The number of allylic oxidation sites excluding steroid dienone is 1. The average molecular weight is 528 g/mol. The molecular formula is C27H34Cl3FN2O. The quantitative estimate of drug-likeness (QED) is 0.315. The van der Waals surface area contributed by atoms with Crippen molar-refractivity contribution < 1.29 is 9.18 Å². The predicted octanol–water partition coefficient (Wildman–Crippen LogP) is 7.53. The number of benzene rings is 2. The summed E-state index contributed by atoms with van der Waals surface area (Å²) in [5.74, 6) is -0.247. The summed E-state index contributed by atoms with van der Waals surface area (Å²) in [6.45, 7) is 3.47. The number of halogens is 4. The van der Waals surface area contributed by atoms with Gasteiger partial charge in [-0.05, 0) is 88.0 Å². The van der Waals surface area contributed by atoms with Gasteiger partial charge in [0.1, 0.15) is 5.82 Å². The minimum atomic E-state index is -0.206. The molecule has 34 heavy (non-hydrogen) atoms. The lowest BCUT2D eigenvalue weighted by Crippen LogP contribution is -2.45. The van der Waals surface area contributed by atoms with E-state index in [0.717, 1.165) is 31.4 Å². The maximum absolute atomic E-state index is 14.2. The van der Waals surface area contributed by atoms with Crippen LogP contribution in [0.2, 0.25) is 10.0 Å². The molecule has 0 N–H and O–H groups in total. The van der Waals surface area contributed by atoms with Crippen LogP contribution in [0.15, 0.2) is 42.5 Å². The van der Waals surface area contributed by atoms with Crippen molar-refractivity contribution in [3.8, 4) is 0 Å². The van der Waals surface area contributed by atoms with Gasteiger partial charge in [-0.15, -0.1) is 12.4 Å². The first-order valence-corrected chi connectivity index (χ1v) is 12.4. The van der Waals surface area contributed by atoms with Crippen molar-refractivity contribution in [3.05, 3.63) is 69.5 Å². The zero-order chi connectivity index (χ0) is 24.0. The normalized spacial score (nSPS) is 18.6. The van der Waals surface area contributed by atoms with Gasteiger partial charge in [0, 0.05) is 12.5 Å². The fourth-order valence-electron chi connectivity index (χ4n) is 4.46. The topological polar surface area (TPSA) is 23.6 Å². The van der Waals surface area contributed by atoms with Crippen LogP contribution in [0.1, 0.15) is 43.7 Å². The van der Waals surface area contributed by atoms with Crippen LogP contribution in [0.3, 0.4) is 0 Å². The molecule has 1 aliphatic rings. The predicted molar refractivity (Wildman–Crippen MR) is 145 cm³/mol. The van der Waals surface area contributed by atoms with E-state index in [2.05, 4.69) is 25.1 Å². The molecule has 2 aromatic carbocycles. The van der Waals surface area contributed by atoms with Crippen molar-refractivity contribution in [1.29, 1.82) is 0 Å². The molecule has 0 bridgehead atoms. The Morgan fingerprint density at radius 1 is 1.15 bits per heavy atom. The van der Waals surface area contributed by atoms with Crippen molar-refractivity contribution in [1.82, 2.24) is 4.90 Å². The number of hydrogen-bond donors (Lipinski definition) is 0. The Labute approximate surface area is 219 Å². The number of amides is 1. The van der Waals surface area contributed by atoms with Crippen molar-refractivity contribution in [2.75, 3.05) is 32.1 Å². The molecule has 3 rings (SSSR count). The van der Waals surface area contributed by atoms with E-state index in [4.69, 9.17) is 23.2 Å². The highest BCUT2D eigenvalue weighted by Gasteiger charge is 2.34. The number of unbranched alkanes of at least 4 members (excludes halogenated alkanes) is 2. The third kappa shape index (κ3) is 7.71. The van der Waals surface area contributed by atoms with Crippen LogP contribution < -0.4 is 4.90 Å². The molecule has 1 aliphatic heterocycles. The van der Waals surface area contributed by atoms with E-state index in [9.17, 15) is 9.18 Å². The van der Waals surface area contributed by atoms with Gasteiger partial charge in [0.2, 0.25) is 5.91 Å². The molecule has 0 radical (unpaired) electrons. The lowest BCUT2D eigenvalue weighted by atomic mass is 9.85. The summed E-state index contributed by atoms with van der Waals surface area (Å²) in [6, 6.07) is 10.5. The maximum Gasteiger partial charge on any atom is 0.229 e. The molecule has 1 saturated heterocycles. The fourth-order valence-corrected chi connectivity index (χ4v) is 5.17. The minimum Gasteiger partial charge on any atom is -0.309 e. The van der Waals surface area contributed by atoms with Crippen LogP contribution in [-0.2, 0) is 11.2 Å². The van der Waals surface area contributed by atoms with Crippen LogP contribution in [0.5, 0.6) is 0 Å². The monoisotopic (exact) mass is 526 g/mol. The van der Waals surface area contributed by atoms with E-state index < -0.39 is 0 Å². The average Bonchev–Trinajstić information content (AvgIpc) is 2.75. The van der Waals surface area contributed by atoms with Gasteiger partial charge in [-0.3, -0.25) is 4.79 Å². The molecule has 1 heterocycles. The first-order chi connectivity index (χ1) is 15.8. The first kappa shape index (κ1) is 28.6. The van der Waals surface area contributed by atoms with Crippen molar-refractivity contribution >= 4 is 53.3 Å². The Kier molecular flexibility index (Phi) is 11.4. The molecular weight excluding hydrogens is 494 g/mol. The summed E-state index contributed by atoms with van der Waals surface area (Å²) in [5.41, 5.74) is 2.14. The fraction of sp³-hybridized carbons (Fsp3) is 0.444. The number of carbonyl (C=O) groups excluding carboxylic acids is 1. The number of piperidine rings is 1. The second kappa shape index (κ2) is 13.5. The smallest absolute Gasteiger partial charge is 0.229 e. The molecule has 0 aromatic heterocycles. The molecule has 1 amide bonds. The molecule has 1 fully saturated rings. The van der Waals surface area contributed by atoms with Crippen LogP contribution in [0, 0.1) is 17.7 Å². The maximum atomic E-state index is 14.2. The first-order valence-electron chi connectivity index (χ1n) is 11.6. The Bertz CT molecular complexity index is 973. The molecule has 186 valence electrons. The van der Waals surface area contributed by atoms with Gasteiger partial charge in [-0.2, -0.15) is 0 Å². The van der Waals surface area contributed by atoms with Gasteiger partial charge in [0.25, 0.3) is 0 Å². The summed E-state index contributed by atoms with van der Waals surface area (Å²) < 4.78 is 14.2. The molecule has 0 spiro atoms. The Morgan fingerprint density at radius 3 is 2.47 bits per heavy atom. The summed E-state index contributed by atoms with van der Waals surface area (Å²) in [5, 5.41) is 0.920. The summed E-state index contributed by atoms with van der Waals surface area (Å²) in [4.78, 5) is 16.9. The highest BCUT2D eigenvalue weighted by atomic mass is 35.5. The third-order valence-corrected chi connectivity index (χ3v) is 6.70. The Hall–Kier alpha value is -1.59. The summed E-state index contributed by atoms with van der Waals surface area (Å²) >= 11 is 13.3. The Balaban J connectivity index is 0.00000408.